The number of hydrogen-bond acceptors (Lipinski definition) is 7. The number of aryl methyl sites for hydroxylation is 1. The molecule has 0 aliphatic carbocycles. The molecule has 4 heterocycles. The summed E-state index contributed by atoms with van der Waals surface area (Å²) in [5.41, 5.74) is 1.58. The Hall–Kier alpha value is -3.29. The number of furan rings is 1. The van der Waals surface area contributed by atoms with Gasteiger partial charge in [0.15, 0.2) is 17.1 Å². The van der Waals surface area contributed by atoms with Crippen LogP contribution < -0.4 is 14.5 Å². The Balaban J connectivity index is 1.29. The van der Waals surface area contributed by atoms with Gasteiger partial charge in [0.2, 0.25) is 5.95 Å². The van der Waals surface area contributed by atoms with Crippen LogP contribution in [-0.2, 0) is 0 Å². The number of para-hydroxylation sites is 1. The third kappa shape index (κ3) is 3.78. The summed E-state index contributed by atoms with van der Waals surface area (Å²) in [4.78, 5) is 28.8. The van der Waals surface area contributed by atoms with Crippen LogP contribution in [0.1, 0.15) is 29.1 Å². The fraction of sp³-hybridized carbons (Fsp3) is 0.435. The molecule has 1 aromatic carbocycles. The highest BCUT2D eigenvalue weighted by Gasteiger charge is 2.26. The van der Waals surface area contributed by atoms with Gasteiger partial charge in [-0.05, 0) is 31.9 Å². The fourth-order valence-corrected chi connectivity index (χ4v) is 4.35. The minimum absolute atomic E-state index is 0.0884. The van der Waals surface area contributed by atoms with Gasteiger partial charge in [0.1, 0.15) is 5.82 Å². The quantitative estimate of drug-likeness (QED) is 0.641. The highest BCUT2D eigenvalue weighted by Crippen LogP contribution is 2.29. The van der Waals surface area contributed by atoms with Gasteiger partial charge in [-0.2, -0.15) is 4.98 Å². The summed E-state index contributed by atoms with van der Waals surface area (Å²) >= 11 is 0. The van der Waals surface area contributed by atoms with Gasteiger partial charge in [-0.1, -0.05) is 12.1 Å². The Morgan fingerprint density at radius 2 is 1.77 bits per heavy atom. The second-order valence-corrected chi connectivity index (χ2v) is 8.13. The minimum Gasteiger partial charge on any atom is -0.493 e. The Bertz CT molecular complexity index is 1100. The smallest absolute Gasteiger partial charge is 0.289 e. The lowest BCUT2D eigenvalue weighted by molar-refractivity contribution is 0.0716. The van der Waals surface area contributed by atoms with E-state index in [1.807, 2.05) is 36.1 Å². The minimum atomic E-state index is -0.0884. The standard InChI is InChI=1S/C23H27N5O3/c1-16-14-20(25-23(24-16)28-8-3-4-9-28)26-10-12-27(13-11-26)22(29)19-15-17-6-5-7-18(30-2)21(17)31-19/h5-7,14-15H,3-4,8-13H2,1-2H3. The second kappa shape index (κ2) is 8.09. The first-order valence-corrected chi connectivity index (χ1v) is 10.8. The molecular weight excluding hydrogens is 394 g/mol. The zero-order valence-corrected chi connectivity index (χ0v) is 18.0. The third-order valence-corrected chi connectivity index (χ3v) is 6.05. The molecule has 162 valence electrons. The van der Waals surface area contributed by atoms with Gasteiger partial charge in [-0.3, -0.25) is 4.79 Å². The molecule has 3 aromatic rings. The lowest BCUT2D eigenvalue weighted by Crippen LogP contribution is -2.49. The lowest BCUT2D eigenvalue weighted by Gasteiger charge is -2.35. The van der Waals surface area contributed by atoms with Gasteiger partial charge in [0.25, 0.3) is 5.91 Å². The van der Waals surface area contributed by atoms with E-state index in [1.165, 1.54) is 12.8 Å². The third-order valence-electron chi connectivity index (χ3n) is 6.05. The zero-order valence-electron chi connectivity index (χ0n) is 18.0. The number of aromatic nitrogens is 2. The number of anilines is 2. The van der Waals surface area contributed by atoms with Crippen molar-refractivity contribution in [2.24, 2.45) is 0 Å². The molecule has 0 radical (unpaired) electrons. The van der Waals surface area contributed by atoms with E-state index in [0.717, 1.165) is 49.0 Å². The van der Waals surface area contributed by atoms with Crippen LogP contribution in [0.4, 0.5) is 11.8 Å². The summed E-state index contributed by atoms with van der Waals surface area (Å²) in [5, 5.41) is 0.868. The molecule has 8 heteroatoms. The van der Waals surface area contributed by atoms with Crippen LogP contribution in [0.25, 0.3) is 11.0 Å². The summed E-state index contributed by atoms with van der Waals surface area (Å²) in [7, 11) is 1.60. The molecule has 1 amide bonds. The summed E-state index contributed by atoms with van der Waals surface area (Å²) in [6.07, 6.45) is 2.39. The van der Waals surface area contributed by atoms with E-state index in [4.69, 9.17) is 14.1 Å². The largest absolute Gasteiger partial charge is 0.493 e. The monoisotopic (exact) mass is 421 g/mol. The normalized spacial score (nSPS) is 16.9. The highest BCUT2D eigenvalue weighted by molar-refractivity contribution is 5.97. The second-order valence-electron chi connectivity index (χ2n) is 8.13. The topological polar surface area (TPSA) is 74.9 Å². The average molecular weight is 422 g/mol. The van der Waals surface area contributed by atoms with Gasteiger partial charge >= 0.3 is 0 Å². The molecule has 0 bridgehead atoms. The van der Waals surface area contributed by atoms with Crippen molar-refractivity contribution < 1.29 is 13.9 Å². The van der Waals surface area contributed by atoms with Crippen molar-refractivity contribution in [3.63, 3.8) is 0 Å². The molecule has 5 rings (SSSR count). The first-order chi connectivity index (χ1) is 15.1. The first-order valence-electron chi connectivity index (χ1n) is 10.8. The molecule has 2 aliphatic heterocycles. The van der Waals surface area contributed by atoms with Crippen LogP contribution in [-0.4, -0.2) is 67.2 Å². The van der Waals surface area contributed by atoms with E-state index in [1.54, 1.807) is 13.2 Å². The average Bonchev–Trinajstić information content (AvgIpc) is 3.48. The lowest BCUT2D eigenvalue weighted by atomic mass is 10.2. The molecule has 31 heavy (non-hydrogen) atoms. The molecule has 2 fully saturated rings. The number of carbonyl (C=O) groups is 1. The van der Waals surface area contributed by atoms with Crippen LogP contribution in [0.5, 0.6) is 5.75 Å². The summed E-state index contributed by atoms with van der Waals surface area (Å²) < 4.78 is 11.2. The molecule has 2 aromatic heterocycles. The van der Waals surface area contributed by atoms with Crippen molar-refractivity contribution in [1.82, 2.24) is 14.9 Å². The first kappa shape index (κ1) is 19.7. The number of methoxy groups -OCH3 is 1. The van der Waals surface area contributed by atoms with Crippen molar-refractivity contribution in [3.05, 3.63) is 41.8 Å². The molecule has 0 atom stereocenters. The number of carbonyl (C=O) groups excluding carboxylic acids is 1. The van der Waals surface area contributed by atoms with E-state index in [9.17, 15) is 4.79 Å². The van der Waals surface area contributed by atoms with Gasteiger partial charge in [-0.25, -0.2) is 4.98 Å². The van der Waals surface area contributed by atoms with Gasteiger partial charge in [0, 0.05) is 56.4 Å². The summed E-state index contributed by atoms with van der Waals surface area (Å²) in [5.74, 6) is 2.66. The highest BCUT2D eigenvalue weighted by atomic mass is 16.5. The van der Waals surface area contributed by atoms with Crippen LogP contribution in [0, 0.1) is 6.92 Å². The van der Waals surface area contributed by atoms with E-state index in [0.29, 0.717) is 30.2 Å². The van der Waals surface area contributed by atoms with Gasteiger partial charge in [-0.15, -0.1) is 0 Å². The maximum absolute atomic E-state index is 13.0. The molecule has 2 aliphatic rings. The molecule has 0 unspecified atom stereocenters. The molecule has 0 spiro atoms. The van der Waals surface area contributed by atoms with Crippen molar-refractivity contribution in [2.75, 3.05) is 56.2 Å². The fourth-order valence-electron chi connectivity index (χ4n) is 4.35. The summed E-state index contributed by atoms with van der Waals surface area (Å²) in [6, 6.07) is 9.47. The Labute approximate surface area is 181 Å². The maximum atomic E-state index is 13.0. The SMILES string of the molecule is COc1cccc2cc(C(=O)N3CCN(c4cc(C)nc(N5CCCC5)n4)CC3)oc12. The van der Waals surface area contributed by atoms with Crippen molar-refractivity contribution in [3.8, 4) is 5.75 Å². The van der Waals surface area contributed by atoms with Crippen molar-refractivity contribution >= 4 is 28.6 Å². The number of hydrogen-bond donors (Lipinski definition) is 0. The molecule has 8 nitrogen and oxygen atoms in total. The number of amides is 1. The van der Waals surface area contributed by atoms with Crippen molar-refractivity contribution in [2.45, 2.75) is 19.8 Å². The van der Waals surface area contributed by atoms with Crippen molar-refractivity contribution in [1.29, 1.82) is 0 Å². The number of fused-ring (bicyclic) bond motifs is 1. The zero-order chi connectivity index (χ0) is 21.4. The summed E-state index contributed by atoms with van der Waals surface area (Å²) in [6.45, 7) is 6.75. The van der Waals surface area contributed by atoms with E-state index in [-0.39, 0.29) is 5.91 Å². The number of ether oxygens (including phenoxy) is 1. The van der Waals surface area contributed by atoms with E-state index < -0.39 is 0 Å². The molecule has 0 N–H and O–H groups in total. The van der Waals surface area contributed by atoms with E-state index in [2.05, 4.69) is 14.8 Å². The number of benzene rings is 1. The predicted octanol–water partition coefficient (Wildman–Crippen LogP) is 3.10. The Morgan fingerprint density at radius 3 is 2.52 bits per heavy atom. The Kier molecular flexibility index (Phi) is 5.13. The van der Waals surface area contributed by atoms with E-state index >= 15 is 0 Å². The number of rotatable bonds is 4. The predicted molar refractivity (Wildman–Crippen MR) is 119 cm³/mol. The van der Waals surface area contributed by atoms with Crippen LogP contribution in [0.3, 0.4) is 0 Å². The van der Waals surface area contributed by atoms with Gasteiger partial charge < -0.3 is 23.9 Å². The van der Waals surface area contributed by atoms with Crippen LogP contribution >= 0.6 is 0 Å². The van der Waals surface area contributed by atoms with Gasteiger partial charge in [0.05, 0.1) is 7.11 Å². The molecule has 0 saturated carbocycles. The van der Waals surface area contributed by atoms with Crippen LogP contribution in [0.15, 0.2) is 34.7 Å². The number of piperazine rings is 1. The molecular formula is C23H27N5O3. The van der Waals surface area contributed by atoms with Crippen LogP contribution in [0.2, 0.25) is 0 Å². The Morgan fingerprint density at radius 1 is 1.00 bits per heavy atom. The number of nitrogens with zero attached hydrogens (tertiary/aromatic N) is 5. The molecule has 2 saturated heterocycles. The maximum Gasteiger partial charge on any atom is 0.289 e.